The summed E-state index contributed by atoms with van der Waals surface area (Å²) in [5.74, 6) is 0. The molecule has 2 rings (SSSR count). The first kappa shape index (κ1) is 21.8. The van der Waals surface area contributed by atoms with Gasteiger partial charge in [0.1, 0.15) is 24.2 Å². The summed E-state index contributed by atoms with van der Waals surface area (Å²) < 4.78 is 31.4. The number of aryl methyl sites for hydroxylation is 1. The van der Waals surface area contributed by atoms with Gasteiger partial charge >= 0.3 is 0 Å². The van der Waals surface area contributed by atoms with E-state index in [0.717, 1.165) is 11.6 Å². The van der Waals surface area contributed by atoms with Crippen LogP contribution in [-0.4, -0.2) is 39.1 Å². The van der Waals surface area contributed by atoms with E-state index in [4.69, 9.17) is 4.74 Å². The molecule has 0 unspecified atom stereocenters. The van der Waals surface area contributed by atoms with Gasteiger partial charge in [0, 0.05) is 20.7 Å². The summed E-state index contributed by atoms with van der Waals surface area (Å²) in [4.78, 5) is 2.26. The van der Waals surface area contributed by atoms with Crippen molar-refractivity contribution in [1.82, 2.24) is 14.6 Å². The first-order chi connectivity index (χ1) is 13.1. The van der Waals surface area contributed by atoms with Gasteiger partial charge in [0.25, 0.3) is 10.0 Å². The molecule has 1 heterocycles. The van der Waals surface area contributed by atoms with Crippen LogP contribution in [0.4, 0.5) is 0 Å². The van der Waals surface area contributed by atoms with Gasteiger partial charge in [-0.15, -0.1) is 0 Å². The normalized spacial score (nSPS) is 12.2. The van der Waals surface area contributed by atoms with Crippen LogP contribution in [0.5, 0.6) is 0 Å². The third-order valence-corrected chi connectivity index (χ3v) is 6.77. The molecule has 0 amide bonds. The van der Waals surface area contributed by atoms with Gasteiger partial charge < -0.3 is 4.74 Å². The second kappa shape index (κ2) is 9.14. The molecule has 8 nitrogen and oxygen atoms in total. The Labute approximate surface area is 166 Å². The van der Waals surface area contributed by atoms with Crippen LogP contribution in [0.1, 0.15) is 17.0 Å². The lowest BCUT2D eigenvalue weighted by atomic mass is 10.2. The molecule has 0 aliphatic rings. The molecule has 0 aliphatic heterocycles. The number of nitrogens with zero attached hydrogens (tertiary/aromatic N) is 4. The Bertz CT molecular complexity index is 970. The van der Waals surface area contributed by atoms with Gasteiger partial charge in [-0.2, -0.15) is 23.9 Å². The zero-order chi connectivity index (χ0) is 20.8. The maximum absolute atomic E-state index is 12.2. The summed E-state index contributed by atoms with van der Waals surface area (Å²) in [7, 11) is -4.94. The minimum absolute atomic E-state index is 0.120. The van der Waals surface area contributed by atoms with Crippen LogP contribution >= 0.6 is 0 Å². The molecule has 0 fully saturated rings. The highest BCUT2D eigenvalue weighted by Crippen LogP contribution is 2.10. The fraction of sp³-hybridized carbons (Fsp3) is 0.389. The SMILES string of the molecule is Cc1ccc(S(=O)(=O)N/N=C/c2cc(C#N)n(COCC[Si](C)(C)C)n2)cc1. The Balaban J connectivity index is 1.99. The van der Waals surface area contributed by atoms with Gasteiger partial charge in [-0.3, -0.25) is 0 Å². The summed E-state index contributed by atoms with van der Waals surface area (Å²) in [5, 5.41) is 17.2. The van der Waals surface area contributed by atoms with E-state index in [1.807, 2.05) is 13.0 Å². The molecule has 1 aromatic carbocycles. The van der Waals surface area contributed by atoms with Crippen molar-refractivity contribution >= 4 is 24.3 Å². The van der Waals surface area contributed by atoms with Crippen LogP contribution in [0, 0.1) is 18.3 Å². The Morgan fingerprint density at radius 3 is 2.61 bits per heavy atom. The van der Waals surface area contributed by atoms with Crippen LogP contribution in [-0.2, 0) is 21.5 Å². The average molecular weight is 420 g/mol. The van der Waals surface area contributed by atoms with Crippen molar-refractivity contribution in [2.24, 2.45) is 5.10 Å². The number of benzene rings is 1. The number of sulfonamides is 1. The molecule has 10 heteroatoms. The molecule has 0 aliphatic carbocycles. The van der Waals surface area contributed by atoms with Crippen molar-refractivity contribution < 1.29 is 13.2 Å². The Kier molecular flexibility index (Phi) is 7.12. The maximum Gasteiger partial charge on any atom is 0.276 e. The molecule has 28 heavy (non-hydrogen) atoms. The first-order valence-electron chi connectivity index (χ1n) is 8.78. The molecule has 0 atom stereocenters. The average Bonchev–Trinajstić information content (AvgIpc) is 3.00. The smallest absolute Gasteiger partial charge is 0.276 e. The Morgan fingerprint density at radius 2 is 2.00 bits per heavy atom. The molecule has 1 aromatic heterocycles. The lowest BCUT2D eigenvalue weighted by molar-refractivity contribution is 0.0779. The number of nitrogens with one attached hydrogen (secondary N) is 1. The standard InChI is InChI=1S/C18H25N5O3SSi/c1-15-5-7-18(8-6-15)27(24,25)22-20-13-16-11-17(12-19)23(21-16)14-26-9-10-28(2,3)4/h5-8,11,13,22H,9-10,14H2,1-4H3/b20-13+. The van der Waals surface area contributed by atoms with Crippen molar-refractivity contribution in [3.05, 3.63) is 47.3 Å². The predicted octanol–water partition coefficient (Wildman–Crippen LogP) is 2.69. The third kappa shape index (κ3) is 6.60. The van der Waals surface area contributed by atoms with E-state index in [1.54, 1.807) is 12.1 Å². The van der Waals surface area contributed by atoms with Gasteiger partial charge in [-0.05, 0) is 25.1 Å². The van der Waals surface area contributed by atoms with Gasteiger partial charge in [0.15, 0.2) is 0 Å². The van der Waals surface area contributed by atoms with Crippen molar-refractivity contribution in [1.29, 1.82) is 5.26 Å². The van der Waals surface area contributed by atoms with Crippen LogP contribution in [0.15, 0.2) is 40.3 Å². The van der Waals surface area contributed by atoms with E-state index >= 15 is 0 Å². The fourth-order valence-electron chi connectivity index (χ4n) is 2.15. The van der Waals surface area contributed by atoms with Crippen LogP contribution in [0.3, 0.4) is 0 Å². The third-order valence-electron chi connectivity index (χ3n) is 3.82. The van der Waals surface area contributed by atoms with E-state index in [-0.39, 0.29) is 11.6 Å². The molecular weight excluding hydrogens is 394 g/mol. The second-order valence-corrected chi connectivity index (χ2v) is 14.9. The predicted molar refractivity (Wildman–Crippen MR) is 110 cm³/mol. The molecule has 0 saturated carbocycles. The molecule has 150 valence electrons. The lowest BCUT2D eigenvalue weighted by Crippen LogP contribution is -2.22. The Hall–Kier alpha value is -2.48. The second-order valence-electron chi connectivity index (χ2n) is 7.58. The van der Waals surface area contributed by atoms with E-state index in [2.05, 4.69) is 34.7 Å². The van der Waals surface area contributed by atoms with Gasteiger partial charge in [0.05, 0.1) is 11.1 Å². The Morgan fingerprint density at radius 1 is 1.32 bits per heavy atom. The van der Waals surface area contributed by atoms with Gasteiger partial charge in [0.2, 0.25) is 0 Å². The highest BCUT2D eigenvalue weighted by atomic mass is 32.2. The van der Waals surface area contributed by atoms with E-state index in [1.165, 1.54) is 29.1 Å². The molecular formula is C18H25N5O3SSi. The number of hydrogen-bond donors (Lipinski definition) is 1. The van der Waals surface area contributed by atoms with Crippen LogP contribution < -0.4 is 4.83 Å². The lowest BCUT2D eigenvalue weighted by Gasteiger charge is -2.15. The largest absolute Gasteiger partial charge is 0.359 e. The molecule has 0 saturated heterocycles. The number of nitriles is 1. The molecule has 0 spiro atoms. The van der Waals surface area contributed by atoms with E-state index in [0.29, 0.717) is 18.0 Å². The molecule has 0 radical (unpaired) electrons. The molecule has 1 N–H and O–H groups in total. The van der Waals surface area contributed by atoms with E-state index < -0.39 is 18.1 Å². The maximum atomic E-state index is 12.2. The highest BCUT2D eigenvalue weighted by molar-refractivity contribution is 7.89. The van der Waals surface area contributed by atoms with Crippen molar-refractivity contribution in [3.8, 4) is 6.07 Å². The van der Waals surface area contributed by atoms with Crippen molar-refractivity contribution in [3.63, 3.8) is 0 Å². The molecule has 0 bridgehead atoms. The van der Waals surface area contributed by atoms with E-state index in [9.17, 15) is 13.7 Å². The summed E-state index contributed by atoms with van der Waals surface area (Å²) in [5.41, 5.74) is 1.64. The van der Waals surface area contributed by atoms with Gasteiger partial charge in [-0.25, -0.2) is 9.51 Å². The number of hydrogen-bond acceptors (Lipinski definition) is 6. The van der Waals surface area contributed by atoms with Crippen molar-refractivity contribution in [2.75, 3.05) is 6.61 Å². The number of aromatic nitrogens is 2. The van der Waals surface area contributed by atoms with Crippen LogP contribution in [0.2, 0.25) is 25.7 Å². The number of rotatable bonds is 9. The van der Waals surface area contributed by atoms with Gasteiger partial charge in [-0.1, -0.05) is 37.3 Å². The summed E-state index contributed by atoms with van der Waals surface area (Å²) in [6, 6.07) is 11.0. The minimum Gasteiger partial charge on any atom is -0.359 e. The monoisotopic (exact) mass is 419 g/mol. The first-order valence-corrected chi connectivity index (χ1v) is 14.0. The summed E-state index contributed by atoms with van der Waals surface area (Å²) >= 11 is 0. The summed E-state index contributed by atoms with van der Waals surface area (Å²) in [6.45, 7) is 9.43. The molecule has 2 aromatic rings. The number of ether oxygens (including phenoxy) is 1. The van der Waals surface area contributed by atoms with Crippen LogP contribution in [0.25, 0.3) is 0 Å². The summed E-state index contributed by atoms with van der Waals surface area (Å²) in [6.07, 6.45) is 1.26. The topological polar surface area (TPSA) is 109 Å². The van der Waals surface area contributed by atoms with Crippen molar-refractivity contribution in [2.45, 2.75) is 44.2 Å². The highest BCUT2D eigenvalue weighted by Gasteiger charge is 2.14. The number of hydrazone groups is 1. The minimum atomic E-state index is -3.76. The quantitative estimate of drug-likeness (QED) is 0.291. The zero-order valence-electron chi connectivity index (χ0n) is 16.5. The zero-order valence-corrected chi connectivity index (χ0v) is 18.3. The fourth-order valence-corrected chi connectivity index (χ4v) is 3.70.